The second-order valence-electron chi connectivity index (χ2n) is 8.65. The summed E-state index contributed by atoms with van der Waals surface area (Å²) >= 11 is 6.70. The summed E-state index contributed by atoms with van der Waals surface area (Å²) in [6.07, 6.45) is 16.1. The third-order valence-corrected chi connectivity index (χ3v) is 6.64. The Balaban J connectivity index is 0.000000221. The molecule has 4 aromatic rings. The van der Waals surface area contributed by atoms with Gasteiger partial charge in [-0.25, -0.2) is 0 Å². The standard InChI is InChI=1S/C17H19N.C11H8BrN.C6H11Br/c1-2-3-4-6-9-15-12-13-17(18-14-15)16-10-7-5-8-11-16;12-10-6-7-11(13-8-10)9-4-2-1-3-5-9;1-2-3-4-5-6-7/h2,5,7-8,10-14H,1,3-4,6,9H2;1-8H;2H,1,3-6H2. The van der Waals surface area contributed by atoms with Crippen molar-refractivity contribution in [2.45, 2.75) is 44.9 Å². The minimum atomic E-state index is 1.00. The second kappa shape index (κ2) is 20.2. The Bertz CT molecular complexity index is 1140. The number of aromatic nitrogens is 2. The van der Waals surface area contributed by atoms with Crippen LogP contribution >= 0.6 is 31.9 Å². The Hall–Kier alpha value is -2.82. The summed E-state index contributed by atoms with van der Waals surface area (Å²) in [5.41, 5.74) is 5.69. The van der Waals surface area contributed by atoms with Crippen molar-refractivity contribution in [3.63, 3.8) is 0 Å². The lowest BCUT2D eigenvalue weighted by Crippen LogP contribution is -1.89. The molecule has 0 unspecified atom stereocenters. The van der Waals surface area contributed by atoms with E-state index in [9.17, 15) is 0 Å². The Morgan fingerprint density at radius 1 is 0.605 bits per heavy atom. The van der Waals surface area contributed by atoms with Crippen LogP contribution in [-0.4, -0.2) is 15.3 Å². The van der Waals surface area contributed by atoms with Crippen LogP contribution in [-0.2, 0) is 6.42 Å². The van der Waals surface area contributed by atoms with Crippen LogP contribution < -0.4 is 0 Å². The molecule has 0 spiro atoms. The predicted octanol–water partition coefficient (Wildman–Crippen LogP) is 10.9. The summed E-state index contributed by atoms with van der Waals surface area (Å²) in [5.74, 6) is 0. The maximum atomic E-state index is 4.53. The first kappa shape index (κ1) is 31.4. The fraction of sp³-hybridized carbons (Fsp3) is 0.235. The van der Waals surface area contributed by atoms with Crippen LogP contribution in [0.4, 0.5) is 0 Å². The van der Waals surface area contributed by atoms with Crippen LogP contribution in [0.5, 0.6) is 0 Å². The lowest BCUT2D eigenvalue weighted by atomic mass is 10.1. The molecule has 0 saturated carbocycles. The van der Waals surface area contributed by atoms with Crippen molar-refractivity contribution in [1.82, 2.24) is 9.97 Å². The molecule has 0 N–H and O–H groups in total. The molecular weight excluding hydrogens is 596 g/mol. The summed E-state index contributed by atoms with van der Waals surface area (Å²) in [5, 5.41) is 1.13. The van der Waals surface area contributed by atoms with Gasteiger partial charge in [0.1, 0.15) is 0 Å². The maximum Gasteiger partial charge on any atom is 0.0702 e. The van der Waals surface area contributed by atoms with Crippen molar-refractivity contribution in [1.29, 1.82) is 0 Å². The van der Waals surface area contributed by atoms with Crippen molar-refractivity contribution in [2.24, 2.45) is 0 Å². The SMILES string of the molecule is Brc1ccc(-c2ccccc2)nc1.C=CCCCCBr.C=CCCCCc1ccc(-c2ccccc2)nc1. The normalized spacial score (nSPS) is 9.84. The number of halogens is 2. The molecule has 2 aromatic carbocycles. The molecule has 2 nitrogen and oxygen atoms in total. The highest BCUT2D eigenvalue weighted by Gasteiger charge is 1.99. The van der Waals surface area contributed by atoms with E-state index in [1.165, 1.54) is 36.8 Å². The van der Waals surface area contributed by atoms with E-state index in [0.717, 1.165) is 46.0 Å². The first-order valence-electron chi connectivity index (χ1n) is 13.1. The zero-order valence-electron chi connectivity index (χ0n) is 22.1. The first-order valence-corrected chi connectivity index (χ1v) is 15.0. The van der Waals surface area contributed by atoms with Crippen molar-refractivity contribution in [3.8, 4) is 22.5 Å². The van der Waals surface area contributed by atoms with Gasteiger partial charge in [0.15, 0.2) is 0 Å². The lowest BCUT2D eigenvalue weighted by molar-refractivity contribution is 0.746. The van der Waals surface area contributed by atoms with Gasteiger partial charge in [0.05, 0.1) is 11.4 Å². The summed E-state index contributed by atoms with van der Waals surface area (Å²) in [7, 11) is 0. The first-order chi connectivity index (χ1) is 18.7. The number of alkyl halides is 1. The Labute approximate surface area is 246 Å². The number of hydrogen-bond donors (Lipinski definition) is 0. The van der Waals surface area contributed by atoms with E-state index in [4.69, 9.17) is 0 Å². The summed E-state index contributed by atoms with van der Waals surface area (Å²) < 4.78 is 1.01. The molecule has 0 aliphatic carbocycles. The van der Waals surface area contributed by atoms with Gasteiger partial charge in [-0.2, -0.15) is 0 Å². The fourth-order valence-electron chi connectivity index (χ4n) is 3.51. The highest BCUT2D eigenvalue weighted by Crippen LogP contribution is 2.18. The van der Waals surface area contributed by atoms with E-state index in [2.05, 4.69) is 91.4 Å². The molecule has 0 radical (unpaired) electrons. The van der Waals surface area contributed by atoms with Gasteiger partial charge < -0.3 is 0 Å². The molecule has 198 valence electrons. The lowest BCUT2D eigenvalue weighted by Gasteiger charge is -2.03. The third-order valence-electron chi connectivity index (χ3n) is 5.61. The number of nitrogens with zero attached hydrogens (tertiary/aromatic N) is 2. The molecule has 0 fully saturated rings. The minimum absolute atomic E-state index is 1.00. The maximum absolute atomic E-state index is 4.53. The number of pyridine rings is 2. The predicted molar refractivity (Wildman–Crippen MR) is 173 cm³/mol. The number of aryl methyl sites for hydroxylation is 1. The van der Waals surface area contributed by atoms with Gasteiger partial charge in [-0.3, -0.25) is 9.97 Å². The monoisotopic (exact) mass is 632 g/mol. The molecule has 0 aliphatic rings. The van der Waals surface area contributed by atoms with E-state index in [1.807, 2.05) is 73.1 Å². The molecule has 2 aromatic heterocycles. The molecule has 4 heteroatoms. The average Bonchev–Trinajstić information content (AvgIpc) is 2.98. The summed E-state index contributed by atoms with van der Waals surface area (Å²) in [6, 6.07) is 28.7. The Morgan fingerprint density at radius 2 is 1.13 bits per heavy atom. The molecule has 0 atom stereocenters. The smallest absolute Gasteiger partial charge is 0.0702 e. The summed E-state index contributed by atoms with van der Waals surface area (Å²) in [6.45, 7) is 7.36. The molecule has 4 rings (SSSR count). The zero-order chi connectivity index (χ0) is 27.3. The van der Waals surface area contributed by atoms with Crippen LogP contribution in [0.3, 0.4) is 0 Å². The Morgan fingerprint density at radius 3 is 1.58 bits per heavy atom. The van der Waals surface area contributed by atoms with E-state index < -0.39 is 0 Å². The van der Waals surface area contributed by atoms with Crippen LogP contribution in [0.2, 0.25) is 0 Å². The van der Waals surface area contributed by atoms with Gasteiger partial charge >= 0.3 is 0 Å². The van der Waals surface area contributed by atoms with Crippen LogP contribution in [0.15, 0.2) is 127 Å². The minimum Gasteiger partial charge on any atom is -0.256 e. The van der Waals surface area contributed by atoms with Gasteiger partial charge in [-0.1, -0.05) is 94.8 Å². The van der Waals surface area contributed by atoms with E-state index >= 15 is 0 Å². The van der Waals surface area contributed by atoms with E-state index in [0.29, 0.717) is 0 Å². The zero-order valence-corrected chi connectivity index (χ0v) is 25.3. The molecular formula is C34H38Br2N2. The molecule has 0 amide bonds. The topological polar surface area (TPSA) is 25.8 Å². The number of unbranched alkanes of at least 4 members (excludes halogenated alkanes) is 4. The van der Waals surface area contributed by atoms with Crippen LogP contribution in [0.1, 0.15) is 44.1 Å². The van der Waals surface area contributed by atoms with Gasteiger partial charge in [-0.05, 0) is 84.6 Å². The largest absolute Gasteiger partial charge is 0.256 e. The van der Waals surface area contributed by atoms with Gasteiger partial charge in [0.25, 0.3) is 0 Å². The second-order valence-corrected chi connectivity index (χ2v) is 10.4. The number of rotatable bonds is 11. The summed E-state index contributed by atoms with van der Waals surface area (Å²) in [4.78, 5) is 8.83. The Kier molecular flexibility index (Phi) is 16.7. The average molecular weight is 635 g/mol. The molecule has 38 heavy (non-hydrogen) atoms. The van der Waals surface area contributed by atoms with Crippen molar-refractivity contribution in [3.05, 3.63) is 133 Å². The van der Waals surface area contributed by atoms with Crippen molar-refractivity contribution < 1.29 is 0 Å². The third kappa shape index (κ3) is 13.1. The van der Waals surface area contributed by atoms with E-state index in [-0.39, 0.29) is 0 Å². The van der Waals surface area contributed by atoms with Gasteiger partial charge in [0.2, 0.25) is 0 Å². The van der Waals surface area contributed by atoms with Crippen LogP contribution in [0, 0.1) is 0 Å². The van der Waals surface area contributed by atoms with Crippen LogP contribution in [0.25, 0.3) is 22.5 Å². The highest BCUT2D eigenvalue weighted by molar-refractivity contribution is 9.10. The van der Waals surface area contributed by atoms with Gasteiger partial charge in [-0.15, -0.1) is 13.2 Å². The van der Waals surface area contributed by atoms with Gasteiger partial charge in [0, 0.05) is 33.3 Å². The number of allylic oxidation sites excluding steroid dienone is 2. The van der Waals surface area contributed by atoms with Crippen molar-refractivity contribution in [2.75, 3.05) is 5.33 Å². The fourth-order valence-corrected chi connectivity index (χ4v) is 4.14. The number of benzene rings is 2. The highest BCUT2D eigenvalue weighted by atomic mass is 79.9. The number of hydrogen-bond acceptors (Lipinski definition) is 2. The molecule has 0 aliphatic heterocycles. The molecule has 0 bridgehead atoms. The van der Waals surface area contributed by atoms with Crippen molar-refractivity contribution >= 4 is 31.9 Å². The quantitative estimate of drug-likeness (QED) is 0.0932. The molecule has 0 saturated heterocycles. The molecule has 2 heterocycles. The van der Waals surface area contributed by atoms with E-state index in [1.54, 1.807) is 0 Å².